The Morgan fingerprint density at radius 1 is 1.22 bits per heavy atom. The summed E-state index contributed by atoms with van der Waals surface area (Å²) in [5.74, 6) is -6.31. The normalized spacial score (nSPS) is 19.7. The topological polar surface area (TPSA) is 55.0 Å². The second kappa shape index (κ2) is 8.01. The summed E-state index contributed by atoms with van der Waals surface area (Å²) >= 11 is 0. The van der Waals surface area contributed by atoms with E-state index in [0.29, 0.717) is 5.56 Å². The highest BCUT2D eigenvalue weighted by atomic mass is 19.3. The lowest BCUT2D eigenvalue weighted by Crippen LogP contribution is -2.43. The van der Waals surface area contributed by atoms with E-state index in [0.717, 1.165) is 6.92 Å². The van der Waals surface area contributed by atoms with Crippen LogP contribution in [0.1, 0.15) is 51.0 Å². The number of piperidine rings is 1. The van der Waals surface area contributed by atoms with E-state index in [1.165, 1.54) is 12.4 Å². The summed E-state index contributed by atoms with van der Waals surface area (Å²) in [6.45, 7) is 5.33. The van der Waals surface area contributed by atoms with Crippen molar-refractivity contribution >= 4 is 0 Å². The van der Waals surface area contributed by atoms with Gasteiger partial charge < -0.3 is 5.73 Å². The van der Waals surface area contributed by atoms with Crippen molar-refractivity contribution < 1.29 is 17.6 Å². The first kappa shape index (κ1) is 19.8. The van der Waals surface area contributed by atoms with Gasteiger partial charge in [-0.25, -0.2) is 18.7 Å². The van der Waals surface area contributed by atoms with Crippen molar-refractivity contribution in [2.45, 2.75) is 51.5 Å². The van der Waals surface area contributed by atoms with Gasteiger partial charge in [0, 0.05) is 57.4 Å². The predicted molar refractivity (Wildman–Crippen MR) is 80.5 cm³/mol. The lowest BCUT2D eigenvalue weighted by molar-refractivity contribution is -0.0628. The van der Waals surface area contributed by atoms with Crippen LogP contribution < -0.4 is 5.73 Å². The number of alkyl halides is 4. The molecule has 0 aliphatic carbocycles. The average molecular weight is 336 g/mol. The second-order valence-electron chi connectivity index (χ2n) is 5.37. The molecule has 0 spiro atoms. The monoisotopic (exact) mass is 336 g/mol. The Hall–Kier alpha value is -1.28. The molecule has 1 atom stereocenters. The maximum Gasteiger partial charge on any atom is 0.303 e. The summed E-state index contributed by atoms with van der Waals surface area (Å²) < 4.78 is 52.5. The first-order chi connectivity index (χ1) is 10.7. The quantitative estimate of drug-likeness (QED) is 0.857. The van der Waals surface area contributed by atoms with Crippen molar-refractivity contribution in [2.24, 2.45) is 5.73 Å². The highest BCUT2D eigenvalue weighted by Gasteiger charge is 2.36. The van der Waals surface area contributed by atoms with Gasteiger partial charge in [0.15, 0.2) is 5.82 Å². The molecule has 1 aromatic heterocycles. The Morgan fingerprint density at radius 2 is 1.70 bits per heavy atom. The van der Waals surface area contributed by atoms with E-state index >= 15 is 0 Å². The van der Waals surface area contributed by atoms with Gasteiger partial charge >= 0.3 is 5.92 Å². The number of halogens is 4. The maximum absolute atomic E-state index is 13.2. The van der Waals surface area contributed by atoms with E-state index in [-0.39, 0.29) is 38.5 Å². The van der Waals surface area contributed by atoms with E-state index in [9.17, 15) is 17.6 Å². The van der Waals surface area contributed by atoms with Gasteiger partial charge in [0.25, 0.3) is 5.92 Å². The molecule has 0 aromatic carbocycles. The first-order valence-corrected chi connectivity index (χ1v) is 7.75. The minimum Gasteiger partial charge on any atom is -0.329 e. The molecule has 1 aliphatic rings. The third-order valence-electron chi connectivity index (χ3n) is 3.64. The summed E-state index contributed by atoms with van der Waals surface area (Å²) in [6, 6.07) is -0.333. The van der Waals surface area contributed by atoms with Crippen molar-refractivity contribution in [1.29, 1.82) is 0 Å². The highest BCUT2D eigenvalue weighted by Crippen LogP contribution is 2.32. The zero-order chi connectivity index (χ0) is 17.7. The maximum atomic E-state index is 13.2. The summed E-state index contributed by atoms with van der Waals surface area (Å²) in [5.41, 5.74) is 6.26. The molecular weight excluding hydrogens is 312 g/mol. The molecule has 23 heavy (non-hydrogen) atoms. The van der Waals surface area contributed by atoms with Gasteiger partial charge in [-0.2, -0.15) is 8.78 Å². The molecule has 0 bridgehead atoms. The number of nitrogens with two attached hydrogens (primary N) is 1. The van der Waals surface area contributed by atoms with Crippen LogP contribution in [0.4, 0.5) is 17.6 Å². The fraction of sp³-hybridized carbons (Fsp3) is 0.733. The van der Waals surface area contributed by atoms with Gasteiger partial charge in [0.05, 0.1) is 6.04 Å². The van der Waals surface area contributed by atoms with Crippen molar-refractivity contribution in [3.05, 3.63) is 23.8 Å². The van der Waals surface area contributed by atoms with Crippen LogP contribution in [0.5, 0.6) is 0 Å². The van der Waals surface area contributed by atoms with Gasteiger partial charge in [0.1, 0.15) is 0 Å². The molecule has 1 aliphatic heterocycles. The lowest BCUT2D eigenvalue weighted by atomic mass is 10.0. The summed E-state index contributed by atoms with van der Waals surface area (Å²) in [7, 11) is 0. The van der Waals surface area contributed by atoms with Gasteiger partial charge in [-0.15, -0.1) is 0 Å². The Labute approximate surface area is 134 Å². The zero-order valence-electron chi connectivity index (χ0n) is 13.7. The average Bonchev–Trinajstić information content (AvgIpc) is 2.51. The highest BCUT2D eigenvalue weighted by molar-refractivity contribution is 5.13. The number of nitrogens with zero attached hydrogens (tertiary/aromatic N) is 3. The molecule has 1 aromatic rings. The van der Waals surface area contributed by atoms with Crippen LogP contribution in [0.2, 0.25) is 0 Å². The number of likely N-dealkylation sites (tertiary alicyclic amines) is 1. The number of aromatic nitrogens is 2. The molecule has 1 fully saturated rings. The number of rotatable bonds is 4. The van der Waals surface area contributed by atoms with Crippen molar-refractivity contribution in [3.63, 3.8) is 0 Å². The SMILES string of the molecule is CC.CC(F)(F)c1ncc(C(CN)N2CCC(F)(F)CC2)cn1. The van der Waals surface area contributed by atoms with E-state index < -0.39 is 17.7 Å². The van der Waals surface area contributed by atoms with E-state index in [4.69, 9.17) is 5.73 Å². The largest absolute Gasteiger partial charge is 0.329 e. The van der Waals surface area contributed by atoms with Crippen LogP contribution in [0.25, 0.3) is 0 Å². The predicted octanol–water partition coefficient (Wildman–Crippen LogP) is 3.35. The van der Waals surface area contributed by atoms with E-state index in [1.54, 1.807) is 0 Å². The Morgan fingerprint density at radius 3 is 2.09 bits per heavy atom. The van der Waals surface area contributed by atoms with Crippen molar-refractivity contribution in [2.75, 3.05) is 19.6 Å². The van der Waals surface area contributed by atoms with Crippen LogP contribution >= 0.6 is 0 Å². The van der Waals surface area contributed by atoms with Crippen LogP contribution in [-0.4, -0.2) is 40.4 Å². The van der Waals surface area contributed by atoms with Crippen LogP contribution in [0, 0.1) is 0 Å². The fourth-order valence-corrected chi connectivity index (χ4v) is 2.40. The standard InChI is InChI=1S/C13H18F4N4.C2H6/c1-12(14,15)11-19-7-9(8-20-11)10(6-18)21-4-2-13(16,17)3-5-21;1-2/h7-8,10H,2-6,18H2,1H3;1-2H3. The molecular formula is C15H24F4N4. The van der Waals surface area contributed by atoms with E-state index in [1.807, 2.05) is 18.7 Å². The molecule has 4 nitrogen and oxygen atoms in total. The van der Waals surface area contributed by atoms with Crippen molar-refractivity contribution in [1.82, 2.24) is 14.9 Å². The smallest absolute Gasteiger partial charge is 0.303 e. The molecule has 2 N–H and O–H groups in total. The minimum absolute atomic E-state index is 0.191. The van der Waals surface area contributed by atoms with Crippen LogP contribution in [0.15, 0.2) is 12.4 Å². The molecule has 1 saturated heterocycles. The first-order valence-electron chi connectivity index (χ1n) is 7.75. The Bertz CT molecular complexity index is 463. The molecule has 0 amide bonds. The van der Waals surface area contributed by atoms with Crippen molar-refractivity contribution in [3.8, 4) is 0 Å². The molecule has 0 saturated carbocycles. The van der Waals surface area contributed by atoms with Gasteiger partial charge in [-0.1, -0.05) is 13.8 Å². The van der Waals surface area contributed by atoms with Gasteiger partial charge in [-0.3, -0.25) is 4.90 Å². The fourth-order valence-electron chi connectivity index (χ4n) is 2.40. The number of hydrogen-bond donors (Lipinski definition) is 1. The third-order valence-corrected chi connectivity index (χ3v) is 3.64. The molecule has 8 heteroatoms. The lowest BCUT2D eigenvalue weighted by Gasteiger charge is -2.36. The van der Waals surface area contributed by atoms with E-state index in [2.05, 4.69) is 9.97 Å². The number of hydrogen-bond acceptors (Lipinski definition) is 4. The van der Waals surface area contributed by atoms with Crippen LogP contribution in [0.3, 0.4) is 0 Å². The Balaban J connectivity index is 0.00000127. The Kier molecular flexibility index (Phi) is 6.88. The second-order valence-corrected chi connectivity index (χ2v) is 5.37. The minimum atomic E-state index is -3.11. The summed E-state index contributed by atoms with van der Waals surface area (Å²) in [6.07, 6.45) is 2.14. The summed E-state index contributed by atoms with van der Waals surface area (Å²) in [5, 5.41) is 0. The molecule has 132 valence electrons. The summed E-state index contributed by atoms with van der Waals surface area (Å²) in [4.78, 5) is 9.12. The van der Waals surface area contributed by atoms with Gasteiger partial charge in [-0.05, 0) is 0 Å². The zero-order valence-corrected chi connectivity index (χ0v) is 13.7. The molecule has 1 unspecified atom stereocenters. The van der Waals surface area contributed by atoms with Gasteiger partial charge in [0.2, 0.25) is 0 Å². The third kappa shape index (κ3) is 5.39. The van der Waals surface area contributed by atoms with Crippen LogP contribution in [-0.2, 0) is 5.92 Å². The molecule has 0 radical (unpaired) electrons. The molecule has 2 rings (SSSR count). The molecule has 2 heterocycles.